The van der Waals surface area contributed by atoms with Gasteiger partial charge in [0.05, 0.1) is 4.92 Å². The number of nitrogens with zero attached hydrogens (tertiary/aromatic N) is 1. The van der Waals surface area contributed by atoms with E-state index in [1.165, 1.54) is 6.07 Å². The molecule has 0 saturated carbocycles. The molecule has 1 aromatic rings. The van der Waals surface area contributed by atoms with Crippen molar-refractivity contribution in [2.45, 2.75) is 20.3 Å². The SMILES string of the molecule is CCc1cc(N)c(C)cc1[N+](=O)[O-]. The predicted octanol–water partition coefficient (Wildman–Crippen LogP) is 2.05. The highest BCUT2D eigenvalue weighted by molar-refractivity contribution is 5.56. The molecule has 70 valence electrons. The molecule has 4 nitrogen and oxygen atoms in total. The summed E-state index contributed by atoms with van der Waals surface area (Å²) in [5.41, 5.74) is 7.86. The zero-order chi connectivity index (χ0) is 10.0. The highest BCUT2D eigenvalue weighted by Gasteiger charge is 2.13. The van der Waals surface area contributed by atoms with E-state index in [0.717, 1.165) is 5.56 Å². The molecule has 1 aromatic carbocycles. The van der Waals surface area contributed by atoms with Crippen LogP contribution >= 0.6 is 0 Å². The van der Waals surface area contributed by atoms with Gasteiger partial charge in [-0.2, -0.15) is 0 Å². The summed E-state index contributed by atoms with van der Waals surface area (Å²) in [7, 11) is 0. The van der Waals surface area contributed by atoms with E-state index >= 15 is 0 Å². The van der Waals surface area contributed by atoms with Crippen LogP contribution < -0.4 is 5.73 Å². The first-order valence-corrected chi connectivity index (χ1v) is 4.09. The molecule has 0 aliphatic carbocycles. The molecular weight excluding hydrogens is 168 g/mol. The number of nitro groups is 1. The molecule has 4 heteroatoms. The number of nitro benzene ring substituents is 1. The Morgan fingerprint density at radius 2 is 2.15 bits per heavy atom. The van der Waals surface area contributed by atoms with Gasteiger partial charge in [0.1, 0.15) is 0 Å². The number of aryl methyl sites for hydroxylation is 2. The average Bonchev–Trinajstić information content (AvgIpc) is 2.08. The van der Waals surface area contributed by atoms with Crippen molar-refractivity contribution in [3.63, 3.8) is 0 Å². The van der Waals surface area contributed by atoms with Crippen molar-refractivity contribution in [1.82, 2.24) is 0 Å². The van der Waals surface area contributed by atoms with Crippen molar-refractivity contribution in [2.24, 2.45) is 0 Å². The van der Waals surface area contributed by atoms with E-state index in [0.29, 0.717) is 17.7 Å². The molecule has 0 radical (unpaired) electrons. The van der Waals surface area contributed by atoms with Crippen LogP contribution in [0.25, 0.3) is 0 Å². The highest BCUT2D eigenvalue weighted by Crippen LogP contribution is 2.24. The smallest absolute Gasteiger partial charge is 0.272 e. The van der Waals surface area contributed by atoms with Gasteiger partial charge < -0.3 is 5.73 Å². The van der Waals surface area contributed by atoms with Gasteiger partial charge in [0.25, 0.3) is 5.69 Å². The fourth-order valence-electron chi connectivity index (χ4n) is 1.21. The van der Waals surface area contributed by atoms with Gasteiger partial charge in [-0.3, -0.25) is 10.1 Å². The van der Waals surface area contributed by atoms with E-state index in [9.17, 15) is 10.1 Å². The molecule has 1 rings (SSSR count). The van der Waals surface area contributed by atoms with Crippen molar-refractivity contribution >= 4 is 11.4 Å². The Labute approximate surface area is 76.5 Å². The summed E-state index contributed by atoms with van der Waals surface area (Å²) in [6, 6.07) is 3.20. The Hall–Kier alpha value is -1.58. The van der Waals surface area contributed by atoms with E-state index in [-0.39, 0.29) is 10.6 Å². The number of rotatable bonds is 2. The second kappa shape index (κ2) is 3.43. The molecule has 2 N–H and O–H groups in total. The maximum Gasteiger partial charge on any atom is 0.272 e. The van der Waals surface area contributed by atoms with E-state index in [1.54, 1.807) is 13.0 Å². The summed E-state index contributed by atoms with van der Waals surface area (Å²) in [6.07, 6.45) is 0.626. The zero-order valence-electron chi connectivity index (χ0n) is 7.70. The maximum absolute atomic E-state index is 10.6. The van der Waals surface area contributed by atoms with Gasteiger partial charge in [-0.25, -0.2) is 0 Å². The van der Waals surface area contributed by atoms with Gasteiger partial charge in [-0.15, -0.1) is 0 Å². The first-order valence-electron chi connectivity index (χ1n) is 4.09. The maximum atomic E-state index is 10.6. The summed E-state index contributed by atoms with van der Waals surface area (Å²) < 4.78 is 0. The van der Waals surface area contributed by atoms with Crippen molar-refractivity contribution in [3.05, 3.63) is 33.4 Å². The van der Waals surface area contributed by atoms with Crippen LogP contribution in [0.15, 0.2) is 12.1 Å². The van der Waals surface area contributed by atoms with Crippen LogP contribution in [0.2, 0.25) is 0 Å². The average molecular weight is 180 g/mol. The fraction of sp³-hybridized carbons (Fsp3) is 0.333. The molecule has 0 atom stereocenters. The third-order valence-electron chi connectivity index (χ3n) is 2.04. The second-order valence-electron chi connectivity index (χ2n) is 2.95. The number of hydrogen-bond acceptors (Lipinski definition) is 3. The Morgan fingerprint density at radius 1 is 1.54 bits per heavy atom. The van der Waals surface area contributed by atoms with Crippen molar-refractivity contribution in [3.8, 4) is 0 Å². The molecule has 0 aliphatic rings. The number of nitrogens with two attached hydrogens (primary N) is 1. The molecule has 13 heavy (non-hydrogen) atoms. The monoisotopic (exact) mass is 180 g/mol. The van der Waals surface area contributed by atoms with Gasteiger partial charge in [0.2, 0.25) is 0 Å². The summed E-state index contributed by atoms with van der Waals surface area (Å²) >= 11 is 0. The van der Waals surface area contributed by atoms with E-state index < -0.39 is 0 Å². The minimum atomic E-state index is -0.370. The van der Waals surface area contributed by atoms with Crippen LogP contribution in [-0.4, -0.2) is 4.92 Å². The van der Waals surface area contributed by atoms with Crippen LogP contribution in [0.3, 0.4) is 0 Å². The topological polar surface area (TPSA) is 69.2 Å². The molecule has 0 aliphatic heterocycles. The summed E-state index contributed by atoms with van der Waals surface area (Å²) in [4.78, 5) is 10.2. The quantitative estimate of drug-likeness (QED) is 0.430. The lowest BCUT2D eigenvalue weighted by atomic mass is 10.1. The number of benzene rings is 1. The van der Waals surface area contributed by atoms with Crippen LogP contribution in [0.4, 0.5) is 11.4 Å². The van der Waals surface area contributed by atoms with Crippen molar-refractivity contribution < 1.29 is 4.92 Å². The molecule has 0 unspecified atom stereocenters. The number of anilines is 1. The molecule has 0 bridgehead atoms. The minimum Gasteiger partial charge on any atom is -0.398 e. The Kier molecular flexibility index (Phi) is 2.51. The largest absolute Gasteiger partial charge is 0.398 e. The van der Waals surface area contributed by atoms with E-state index in [2.05, 4.69) is 0 Å². The molecule has 0 saturated heterocycles. The van der Waals surface area contributed by atoms with Crippen LogP contribution in [-0.2, 0) is 6.42 Å². The number of nitrogen functional groups attached to an aromatic ring is 1. The third kappa shape index (κ3) is 1.77. The van der Waals surface area contributed by atoms with E-state index in [4.69, 9.17) is 5.73 Å². The minimum absolute atomic E-state index is 0.161. The summed E-state index contributed by atoms with van der Waals surface area (Å²) in [5, 5.41) is 10.6. The van der Waals surface area contributed by atoms with Crippen molar-refractivity contribution in [1.29, 1.82) is 0 Å². The lowest BCUT2D eigenvalue weighted by Crippen LogP contribution is -1.98. The van der Waals surface area contributed by atoms with Gasteiger partial charge in [-0.05, 0) is 25.0 Å². The molecule has 0 aromatic heterocycles. The Balaban J connectivity index is 3.33. The normalized spacial score (nSPS) is 10.0. The van der Waals surface area contributed by atoms with Gasteiger partial charge in [0.15, 0.2) is 0 Å². The van der Waals surface area contributed by atoms with Crippen LogP contribution in [0.1, 0.15) is 18.1 Å². The van der Waals surface area contributed by atoms with Gasteiger partial charge >= 0.3 is 0 Å². The van der Waals surface area contributed by atoms with Crippen LogP contribution in [0, 0.1) is 17.0 Å². The predicted molar refractivity (Wildman–Crippen MR) is 51.6 cm³/mol. The van der Waals surface area contributed by atoms with Crippen LogP contribution in [0.5, 0.6) is 0 Å². The lowest BCUT2D eigenvalue weighted by molar-refractivity contribution is -0.385. The van der Waals surface area contributed by atoms with Gasteiger partial charge in [0, 0.05) is 17.3 Å². The summed E-state index contributed by atoms with van der Waals surface area (Å²) in [5.74, 6) is 0. The fourth-order valence-corrected chi connectivity index (χ4v) is 1.21. The molecular formula is C9H12N2O2. The van der Waals surface area contributed by atoms with Gasteiger partial charge in [-0.1, -0.05) is 6.92 Å². The number of hydrogen-bond donors (Lipinski definition) is 1. The standard InChI is InChI=1S/C9H12N2O2/c1-3-7-5-8(10)6(2)4-9(7)11(12)13/h4-5H,3,10H2,1-2H3. The first-order chi connectivity index (χ1) is 6.06. The highest BCUT2D eigenvalue weighted by atomic mass is 16.6. The first kappa shape index (κ1) is 9.51. The Morgan fingerprint density at radius 3 is 2.62 bits per heavy atom. The second-order valence-corrected chi connectivity index (χ2v) is 2.95. The van der Waals surface area contributed by atoms with E-state index in [1.807, 2.05) is 6.92 Å². The third-order valence-corrected chi connectivity index (χ3v) is 2.04. The zero-order valence-corrected chi connectivity index (χ0v) is 7.70. The molecule has 0 heterocycles. The Bertz CT molecular complexity index is 348. The molecule has 0 amide bonds. The lowest BCUT2D eigenvalue weighted by Gasteiger charge is -2.04. The molecule has 0 fully saturated rings. The van der Waals surface area contributed by atoms with Crippen molar-refractivity contribution in [2.75, 3.05) is 5.73 Å². The molecule has 0 spiro atoms. The summed E-state index contributed by atoms with van der Waals surface area (Å²) in [6.45, 7) is 3.64.